The maximum Gasteiger partial charge on any atom is 0.269 e. The molecule has 0 atom stereocenters. The van der Waals surface area contributed by atoms with Gasteiger partial charge in [-0.05, 0) is 59.5 Å². The van der Waals surface area contributed by atoms with E-state index in [1.54, 1.807) is 48.5 Å². The molecule has 0 bridgehead atoms. The van der Waals surface area contributed by atoms with Gasteiger partial charge < -0.3 is 9.15 Å². The van der Waals surface area contributed by atoms with Gasteiger partial charge in [0.25, 0.3) is 11.8 Å². The number of carbonyl (C=O) groups is 2. The van der Waals surface area contributed by atoms with Crippen molar-refractivity contribution < 1.29 is 18.7 Å². The number of nitrogens with one attached hydrogen (secondary N) is 2. The van der Waals surface area contributed by atoms with E-state index in [2.05, 4.69) is 41.8 Å². The first kappa shape index (κ1) is 23.7. The van der Waals surface area contributed by atoms with Crippen molar-refractivity contribution in [2.45, 2.75) is 26.2 Å². The van der Waals surface area contributed by atoms with Crippen LogP contribution in [0.2, 0.25) is 0 Å². The van der Waals surface area contributed by atoms with E-state index >= 15 is 0 Å². The minimum atomic E-state index is -0.486. The van der Waals surface area contributed by atoms with Crippen LogP contribution in [0.25, 0.3) is 22.9 Å². The minimum Gasteiger partial charge on any atom is -0.497 e. The summed E-state index contributed by atoms with van der Waals surface area (Å²) in [6.07, 6.45) is 0. The molecule has 3 aromatic carbocycles. The molecule has 0 fully saturated rings. The highest BCUT2D eigenvalue weighted by Crippen LogP contribution is 2.27. The smallest absolute Gasteiger partial charge is 0.269 e. The van der Waals surface area contributed by atoms with Crippen molar-refractivity contribution in [3.8, 4) is 28.7 Å². The van der Waals surface area contributed by atoms with Crippen molar-refractivity contribution in [2.75, 3.05) is 7.11 Å². The fourth-order valence-electron chi connectivity index (χ4n) is 3.38. The van der Waals surface area contributed by atoms with Gasteiger partial charge in [0.1, 0.15) is 5.75 Å². The lowest BCUT2D eigenvalue weighted by molar-refractivity contribution is 0.0846. The molecule has 1 heterocycles. The van der Waals surface area contributed by atoms with E-state index in [0.717, 1.165) is 5.56 Å². The Labute approximate surface area is 203 Å². The molecule has 0 saturated carbocycles. The van der Waals surface area contributed by atoms with E-state index in [0.29, 0.717) is 28.3 Å². The third kappa shape index (κ3) is 5.55. The van der Waals surface area contributed by atoms with Gasteiger partial charge >= 0.3 is 0 Å². The van der Waals surface area contributed by atoms with Crippen LogP contribution in [-0.4, -0.2) is 29.1 Å². The van der Waals surface area contributed by atoms with E-state index in [1.165, 1.54) is 12.7 Å². The van der Waals surface area contributed by atoms with E-state index in [4.69, 9.17) is 9.15 Å². The van der Waals surface area contributed by atoms with Crippen LogP contribution in [0, 0.1) is 0 Å². The van der Waals surface area contributed by atoms with E-state index in [-0.39, 0.29) is 11.3 Å². The van der Waals surface area contributed by atoms with Crippen LogP contribution in [0.1, 0.15) is 47.1 Å². The first-order chi connectivity index (χ1) is 16.7. The van der Waals surface area contributed by atoms with E-state index in [1.807, 2.05) is 24.3 Å². The Morgan fingerprint density at radius 1 is 0.771 bits per heavy atom. The number of benzene rings is 3. The lowest BCUT2D eigenvalue weighted by atomic mass is 9.87. The molecule has 1 aromatic heterocycles. The molecule has 0 unspecified atom stereocenters. The van der Waals surface area contributed by atoms with Gasteiger partial charge in [0.2, 0.25) is 11.8 Å². The number of hydrogen-bond donors (Lipinski definition) is 2. The molecule has 8 nitrogen and oxygen atoms in total. The highest BCUT2D eigenvalue weighted by Gasteiger charge is 2.16. The minimum absolute atomic E-state index is 0.0486. The Morgan fingerprint density at radius 2 is 1.34 bits per heavy atom. The summed E-state index contributed by atoms with van der Waals surface area (Å²) in [5.41, 5.74) is 8.15. The Bertz CT molecular complexity index is 1350. The summed E-state index contributed by atoms with van der Waals surface area (Å²) < 4.78 is 11.0. The van der Waals surface area contributed by atoms with Crippen LogP contribution < -0.4 is 15.6 Å². The van der Waals surface area contributed by atoms with E-state index < -0.39 is 11.8 Å². The van der Waals surface area contributed by atoms with Gasteiger partial charge in [0, 0.05) is 22.3 Å². The van der Waals surface area contributed by atoms with Crippen molar-refractivity contribution in [1.29, 1.82) is 0 Å². The fourth-order valence-corrected chi connectivity index (χ4v) is 3.38. The van der Waals surface area contributed by atoms with E-state index in [9.17, 15) is 9.59 Å². The van der Waals surface area contributed by atoms with Crippen LogP contribution in [0.3, 0.4) is 0 Å². The zero-order chi connectivity index (χ0) is 25.0. The SMILES string of the molecule is COc1cccc(C(=O)NNC(=O)c2cccc(-c3nnc(-c4ccc(C(C)(C)C)cc4)o3)c2)c1. The van der Waals surface area contributed by atoms with Crippen LogP contribution in [0.5, 0.6) is 5.75 Å². The predicted molar refractivity (Wildman–Crippen MR) is 132 cm³/mol. The lowest BCUT2D eigenvalue weighted by Crippen LogP contribution is -2.41. The van der Waals surface area contributed by atoms with Crippen molar-refractivity contribution in [1.82, 2.24) is 21.0 Å². The summed E-state index contributed by atoms with van der Waals surface area (Å²) in [5.74, 6) is 0.268. The average Bonchev–Trinajstić information content (AvgIpc) is 3.37. The second-order valence-electron chi connectivity index (χ2n) is 8.96. The van der Waals surface area contributed by atoms with Crippen LogP contribution >= 0.6 is 0 Å². The van der Waals surface area contributed by atoms with Crippen LogP contribution in [0.4, 0.5) is 0 Å². The summed E-state index contributed by atoms with van der Waals surface area (Å²) in [6.45, 7) is 6.46. The summed E-state index contributed by atoms with van der Waals surface area (Å²) >= 11 is 0. The second-order valence-corrected chi connectivity index (χ2v) is 8.96. The van der Waals surface area contributed by atoms with Gasteiger partial charge in [0.05, 0.1) is 7.11 Å². The van der Waals surface area contributed by atoms with Gasteiger partial charge in [-0.15, -0.1) is 10.2 Å². The Balaban J connectivity index is 1.45. The van der Waals surface area contributed by atoms with Crippen molar-refractivity contribution >= 4 is 11.8 Å². The van der Waals surface area contributed by atoms with Crippen LogP contribution in [-0.2, 0) is 5.41 Å². The summed E-state index contributed by atoms with van der Waals surface area (Å²) in [7, 11) is 1.51. The molecule has 0 spiro atoms. The van der Waals surface area contributed by atoms with Gasteiger partial charge in [-0.3, -0.25) is 20.4 Å². The summed E-state index contributed by atoms with van der Waals surface area (Å²) in [6, 6.07) is 21.3. The molecule has 0 radical (unpaired) electrons. The van der Waals surface area contributed by atoms with Crippen molar-refractivity contribution in [2.24, 2.45) is 0 Å². The maximum atomic E-state index is 12.6. The quantitative estimate of drug-likeness (QED) is 0.407. The third-order valence-corrected chi connectivity index (χ3v) is 5.42. The molecule has 2 N–H and O–H groups in total. The second kappa shape index (κ2) is 9.80. The summed E-state index contributed by atoms with van der Waals surface area (Å²) in [4.78, 5) is 24.9. The Kier molecular flexibility index (Phi) is 6.64. The number of aromatic nitrogens is 2. The molecule has 0 aliphatic rings. The van der Waals surface area contributed by atoms with Crippen LogP contribution in [0.15, 0.2) is 77.2 Å². The van der Waals surface area contributed by atoms with Gasteiger partial charge in [-0.25, -0.2) is 0 Å². The number of hydrazine groups is 1. The third-order valence-electron chi connectivity index (χ3n) is 5.42. The highest BCUT2D eigenvalue weighted by molar-refractivity contribution is 5.99. The number of ether oxygens (including phenoxy) is 1. The van der Waals surface area contributed by atoms with Crippen molar-refractivity contribution in [3.63, 3.8) is 0 Å². The zero-order valence-corrected chi connectivity index (χ0v) is 20.0. The molecule has 8 heteroatoms. The molecule has 35 heavy (non-hydrogen) atoms. The standard InChI is InChI=1S/C27H26N4O4/c1-27(2,3)21-13-11-17(12-14-21)25-30-31-26(35-25)20-9-5-7-18(15-20)23(32)28-29-24(33)19-8-6-10-22(16-19)34-4/h5-16H,1-4H3,(H,28,32)(H,29,33). The number of methoxy groups -OCH3 is 1. The first-order valence-corrected chi connectivity index (χ1v) is 11.0. The molecule has 2 amide bonds. The zero-order valence-electron chi connectivity index (χ0n) is 20.0. The number of rotatable bonds is 5. The molecular formula is C27H26N4O4. The number of carbonyl (C=O) groups excluding carboxylic acids is 2. The summed E-state index contributed by atoms with van der Waals surface area (Å²) in [5, 5.41) is 8.29. The maximum absolute atomic E-state index is 12.6. The van der Waals surface area contributed by atoms with Crippen molar-refractivity contribution in [3.05, 3.63) is 89.5 Å². The number of amides is 2. The molecule has 0 saturated heterocycles. The average molecular weight is 471 g/mol. The Morgan fingerprint density at radius 3 is 1.94 bits per heavy atom. The van der Waals surface area contributed by atoms with Gasteiger partial charge in [-0.2, -0.15) is 0 Å². The molecular weight excluding hydrogens is 444 g/mol. The number of nitrogens with zero attached hydrogens (tertiary/aromatic N) is 2. The fraction of sp³-hybridized carbons (Fsp3) is 0.185. The molecule has 0 aliphatic heterocycles. The first-order valence-electron chi connectivity index (χ1n) is 11.0. The molecule has 4 aromatic rings. The van der Waals surface area contributed by atoms with Gasteiger partial charge in [0.15, 0.2) is 0 Å². The monoisotopic (exact) mass is 470 g/mol. The topological polar surface area (TPSA) is 106 Å². The molecule has 0 aliphatic carbocycles. The normalized spacial score (nSPS) is 11.1. The molecule has 178 valence electrons. The molecule has 4 rings (SSSR count). The lowest BCUT2D eigenvalue weighted by Gasteiger charge is -2.18. The Hall–Kier alpha value is -4.46. The number of hydrogen-bond acceptors (Lipinski definition) is 6. The van der Waals surface area contributed by atoms with Gasteiger partial charge in [-0.1, -0.05) is 45.0 Å². The predicted octanol–water partition coefficient (Wildman–Crippen LogP) is 4.78. The largest absolute Gasteiger partial charge is 0.497 e. The highest BCUT2D eigenvalue weighted by atomic mass is 16.5.